The number of carbonyl (C=O) groups excluding carboxylic acids is 1. The van der Waals surface area contributed by atoms with Crippen molar-refractivity contribution >= 4 is 33.3 Å². The van der Waals surface area contributed by atoms with Crippen LogP contribution in [0.2, 0.25) is 0 Å². The molecule has 0 radical (unpaired) electrons. The van der Waals surface area contributed by atoms with E-state index in [4.69, 9.17) is 0 Å². The molecule has 0 saturated heterocycles. The van der Waals surface area contributed by atoms with Crippen molar-refractivity contribution in [2.75, 3.05) is 10.6 Å². The van der Waals surface area contributed by atoms with Gasteiger partial charge in [0, 0.05) is 28.8 Å². The second kappa shape index (κ2) is 7.25. The first-order valence-electron chi connectivity index (χ1n) is 8.34. The maximum absolute atomic E-state index is 12.7. The van der Waals surface area contributed by atoms with Gasteiger partial charge in [-0.3, -0.25) is 4.79 Å². The third kappa shape index (κ3) is 3.60. The normalized spacial score (nSPS) is 16.0. The maximum atomic E-state index is 12.7. The van der Waals surface area contributed by atoms with Crippen molar-refractivity contribution in [1.29, 1.82) is 0 Å². The number of rotatable bonds is 4. The van der Waals surface area contributed by atoms with Gasteiger partial charge in [-0.1, -0.05) is 15.9 Å². The lowest BCUT2D eigenvalue weighted by Crippen LogP contribution is -2.33. The van der Waals surface area contributed by atoms with Crippen molar-refractivity contribution in [3.8, 4) is 0 Å². The average Bonchev–Trinajstić information content (AvgIpc) is 3.12. The average molecular weight is 413 g/mol. The fraction of sp³-hybridized carbons (Fsp3) is 0.222. The molecule has 0 spiro atoms. The van der Waals surface area contributed by atoms with Gasteiger partial charge in [0.05, 0.1) is 12.1 Å². The zero-order valence-corrected chi connectivity index (χ0v) is 15.5. The van der Waals surface area contributed by atoms with Gasteiger partial charge in [-0.2, -0.15) is 5.10 Å². The van der Waals surface area contributed by atoms with E-state index in [1.807, 2.05) is 28.9 Å². The Kier molecular flexibility index (Phi) is 4.66. The first-order valence-corrected chi connectivity index (χ1v) is 9.13. The van der Waals surface area contributed by atoms with E-state index in [1.54, 1.807) is 24.7 Å². The van der Waals surface area contributed by atoms with Crippen LogP contribution in [0.25, 0.3) is 0 Å². The number of aromatic nitrogens is 4. The number of nitrogens with zero attached hydrogens (tertiary/aromatic N) is 4. The fourth-order valence-electron chi connectivity index (χ4n) is 2.98. The van der Waals surface area contributed by atoms with E-state index < -0.39 is 0 Å². The molecule has 2 aromatic heterocycles. The van der Waals surface area contributed by atoms with Crippen LogP contribution in [0.5, 0.6) is 0 Å². The number of fused-ring (bicyclic) bond motifs is 1. The molecule has 132 valence electrons. The van der Waals surface area contributed by atoms with Crippen LogP contribution in [0, 0.1) is 0 Å². The largest absolute Gasteiger partial charge is 0.365 e. The van der Waals surface area contributed by atoms with Crippen LogP contribution in [0.1, 0.15) is 22.6 Å². The lowest BCUT2D eigenvalue weighted by molar-refractivity contribution is 0.102. The van der Waals surface area contributed by atoms with Gasteiger partial charge < -0.3 is 10.6 Å². The molecular formula is C18H17BrN6O. The standard InChI is InChI=1S/C18H17BrN6O/c19-12-3-5-13(6-4-12)24-18(26)15-2-1-9-20-17(15)23-14-7-8-16-21-11-22-25(16)10-14/h1-6,9,11,14H,7-8,10H2,(H,20,23)(H,24,26). The van der Waals surface area contributed by atoms with Crippen molar-refractivity contribution in [1.82, 2.24) is 19.7 Å². The molecule has 2 N–H and O–H groups in total. The molecule has 0 saturated carbocycles. The summed E-state index contributed by atoms with van der Waals surface area (Å²) in [6.07, 6.45) is 5.03. The number of halogens is 1. The Morgan fingerprint density at radius 3 is 2.88 bits per heavy atom. The number of benzene rings is 1. The summed E-state index contributed by atoms with van der Waals surface area (Å²) in [5, 5.41) is 10.5. The van der Waals surface area contributed by atoms with Crippen molar-refractivity contribution in [3.05, 3.63) is 64.8 Å². The Balaban J connectivity index is 1.49. The minimum atomic E-state index is -0.194. The van der Waals surface area contributed by atoms with Gasteiger partial charge in [0.15, 0.2) is 0 Å². The van der Waals surface area contributed by atoms with Crippen molar-refractivity contribution in [2.24, 2.45) is 0 Å². The lowest BCUT2D eigenvalue weighted by Gasteiger charge is -2.24. The predicted molar refractivity (Wildman–Crippen MR) is 102 cm³/mol. The second-order valence-corrected chi connectivity index (χ2v) is 7.01. The zero-order chi connectivity index (χ0) is 17.9. The van der Waals surface area contributed by atoms with E-state index >= 15 is 0 Å². The van der Waals surface area contributed by atoms with Crippen LogP contribution < -0.4 is 10.6 Å². The van der Waals surface area contributed by atoms with Crippen LogP contribution >= 0.6 is 15.9 Å². The van der Waals surface area contributed by atoms with E-state index in [2.05, 4.69) is 41.6 Å². The van der Waals surface area contributed by atoms with Gasteiger partial charge in [0.25, 0.3) is 5.91 Å². The highest BCUT2D eigenvalue weighted by Gasteiger charge is 2.22. The van der Waals surface area contributed by atoms with Gasteiger partial charge in [-0.05, 0) is 42.8 Å². The van der Waals surface area contributed by atoms with Gasteiger partial charge in [0.2, 0.25) is 0 Å². The number of nitrogens with one attached hydrogen (secondary N) is 2. The van der Waals surface area contributed by atoms with Crippen LogP contribution in [-0.4, -0.2) is 31.7 Å². The topological polar surface area (TPSA) is 84.7 Å². The summed E-state index contributed by atoms with van der Waals surface area (Å²) in [7, 11) is 0. The monoisotopic (exact) mass is 412 g/mol. The number of hydrogen-bond acceptors (Lipinski definition) is 5. The Bertz CT molecular complexity index is 923. The number of hydrogen-bond donors (Lipinski definition) is 2. The Hall–Kier alpha value is -2.74. The van der Waals surface area contributed by atoms with E-state index in [0.717, 1.165) is 28.8 Å². The lowest BCUT2D eigenvalue weighted by atomic mass is 10.1. The van der Waals surface area contributed by atoms with Crippen molar-refractivity contribution in [3.63, 3.8) is 0 Å². The minimum Gasteiger partial charge on any atom is -0.365 e. The molecule has 26 heavy (non-hydrogen) atoms. The van der Waals surface area contributed by atoms with Gasteiger partial charge in [0.1, 0.15) is 18.0 Å². The Labute approximate surface area is 159 Å². The zero-order valence-electron chi connectivity index (χ0n) is 13.9. The fourth-order valence-corrected chi connectivity index (χ4v) is 3.25. The molecule has 1 atom stereocenters. The molecule has 4 rings (SSSR count). The summed E-state index contributed by atoms with van der Waals surface area (Å²) in [5.74, 6) is 1.38. The number of amides is 1. The van der Waals surface area contributed by atoms with Crippen molar-refractivity contribution < 1.29 is 4.79 Å². The van der Waals surface area contributed by atoms with Gasteiger partial charge >= 0.3 is 0 Å². The molecular weight excluding hydrogens is 396 g/mol. The van der Waals surface area contributed by atoms with Crippen LogP contribution in [0.15, 0.2) is 53.4 Å². The van der Waals surface area contributed by atoms with E-state index in [1.165, 1.54) is 0 Å². The molecule has 1 aliphatic rings. The van der Waals surface area contributed by atoms with E-state index in [9.17, 15) is 4.79 Å². The molecule has 1 aliphatic heterocycles. The Morgan fingerprint density at radius 2 is 2.04 bits per heavy atom. The molecule has 0 bridgehead atoms. The number of carbonyl (C=O) groups is 1. The molecule has 1 amide bonds. The Morgan fingerprint density at radius 1 is 1.19 bits per heavy atom. The summed E-state index contributed by atoms with van der Waals surface area (Å²) in [6.45, 7) is 0.708. The maximum Gasteiger partial charge on any atom is 0.259 e. The van der Waals surface area contributed by atoms with E-state index in [-0.39, 0.29) is 11.9 Å². The molecule has 1 aromatic carbocycles. The summed E-state index contributed by atoms with van der Waals surface area (Å²) in [5.41, 5.74) is 1.25. The second-order valence-electron chi connectivity index (χ2n) is 6.10. The van der Waals surface area contributed by atoms with Crippen LogP contribution in [-0.2, 0) is 13.0 Å². The quantitative estimate of drug-likeness (QED) is 0.687. The van der Waals surface area contributed by atoms with Gasteiger partial charge in [-0.15, -0.1) is 0 Å². The van der Waals surface area contributed by atoms with Crippen LogP contribution in [0.3, 0.4) is 0 Å². The number of aryl methyl sites for hydroxylation is 1. The molecule has 1 unspecified atom stereocenters. The van der Waals surface area contributed by atoms with Crippen molar-refractivity contribution in [2.45, 2.75) is 25.4 Å². The highest BCUT2D eigenvalue weighted by molar-refractivity contribution is 9.10. The van der Waals surface area contributed by atoms with Gasteiger partial charge in [-0.25, -0.2) is 14.6 Å². The highest BCUT2D eigenvalue weighted by Crippen LogP contribution is 2.20. The summed E-state index contributed by atoms with van der Waals surface area (Å²) < 4.78 is 2.86. The first kappa shape index (κ1) is 16.7. The third-order valence-corrected chi connectivity index (χ3v) is 4.83. The number of pyridine rings is 1. The van der Waals surface area contributed by atoms with E-state index in [0.29, 0.717) is 17.9 Å². The SMILES string of the molecule is O=C(Nc1ccc(Br)cc1)c1cccnc1NC1CCc2ncnn2C1. The molecule has 7 nitrogen and oxygen atoms in total. The molecule has 0 aliphatic carbocycles. The molecule has 3 heterocycles. The predicted octanol–water partition coefficient (Wildman–Crippen LogP) is 3.11. The molecule has 0 fully saturated rings. The first-order chi connectivity index (χ1) is 12.7. The molecule has 3 aromatic rings. The van der Waals surface area contributed by atoms with Crippen LogP contribution in [0.4, 0.5) is 11.5 Å². The number of anilines is 2. The third-order valence-electron chi connectivity index (χ3n) is 4.30. The molecule has 8 heteroatoms. The summed E-state index contributed by atoms with van der Waals surface area (Å²) in [4.78, 5) is 21.3. The smallest absolute Gasteiger partial charge is 0.259 e. The summed E-state index contributed by atoms with van der Waals surface area (Å²) in [6, 6.07) is 11.1. The minimum absolute atomic E-state index is 0.151. The highest BCUT2D eigenvalue weighted by atomic mass is 79.9. The summed E-state index contributed by atoms with van der Waals surface area (Å²) >= 11 is 3.39.